The maximum atomic E-state index is 13.0. The molecule has 3 aromatic heterocycles. The molecule has 0 saturated carbocycles. The van der Waals surface area contributed by atoms with E-state index >= 15 is 0 Å². The zero-order valence-electron chi connectivity index (χ0n) is 18.4. The van der Waals surface area contributed by atoms with E-state index in [1.54, 1.807) is 17.5 Å². The fourth-order valence-electron chi connectivity index (χ4n) is 4.57. The first-order chi connectivity index (χ1) is 15.5. The molecule has 0 unspecified atom stereocenters. The van der Waals surface area contributed by atoms with Crippen LogP contribution in [0.4, 0.5) is 11.4 Å². The summed E-state index contributed by atoms with van der Waals surface area (Å²) in [5, 5.41) is 8.00. The molecule has 5 rings (SSSR count). The van der Waals surface area contributed by atoms with Crippen molar-refractivity contribution in [2.45, 2.75) is 39.2 Å². The van der Waals surface area contributed by atoms with Crippen LogP contribution in [-0.4, -0.2) is 33.3 Å². The van der Waals surface area contributed by atoms with Gasteiger partial charge in [-0.3, -0.25) is 9.59 Å². The van der Waals surface area contributed by atoms with Gasteiger partial charge in [0.2, 0.25) is 5.91 Å². The van der Waals surface area contributed by atoms with Crippen molar-refractivity contribution in [2.24, 2.45) is 7.05 Å². The van der Waals surface area contributed by atoms with E-state index < -0.39 is 0 Å². The summed E-state index contributed by atoms with van der Waals surface area (Å²) in [5.41, 5.74) is 3.26. The zero-order valence-corrected chi connectivity index (χ0v) is 19.2. The maximum Gasteiger partial charge on any atom is 0.291 e. The Morgan fingerprint density at radius 2 is 1.84 bits per heavy atom. The Balaban J connectivity index is 1.32. The van der Waals surface area contributed by atoms with Gasteiger partial charge in [-0.1, -0.05) is 12.8 Å². The molecule has 4 aromatic rings. The van der Waals surface area contributed by atoms with Gasteiger partial charge in [-0.15, -0.1) is 11.3 Å². The van der Waals surface area contributed by atoms with Crippen molar-refractivity contribution < 1.29 is 4.79 Å². The Morgan fingerprint density at radius 1 is 1.12 bits per heavy atom. The van der Waals surface area contributed by atoms with Gasteiger partial charge in [0.1, 0.15) is 12.1 Å². The summed E-state index contributed by atoms with van der Waals surface area (Å²) in [6.45, 7) is 4.09. The number of aryl methyl sites for hydroxylation is 2. The number of hydrogen-bond donors (Lipinski definition) is 1. The number of nitrogens with one attached hydrogen (secondary N) is 1. The Kier molecular flexibility index (Phi) is 5.46. The molecule has 0 bridgehead atoms. The summed E-state index contributed by atoms with van der Waals surface area (Å²) >= 11 is 1.65. The Bertz CT molecular complexity index is 1340. The molecule has 1 aromatic carbocycles. The van der Waals surface area contributed by atoms with Crippen LogP contribution in [0.15, 0.2) is 41.3 Å². The first-order valence-corrected chi connectivity index (χ1v) is 11.9. The van der Waals surface area contributed by atoms with Crippen LogP contribution >= 0.6 is 11.3 Å². The summed E-state index contributed by atoms with van der Waals surface area (Å²) < 4.78 is 4.19. The summed E-state index contributed by atoms with van der Waals surface area (Å²) in [4.78, 5) is 29.3. The van der Waals surface area contributed by atoms with Gasteiger partial charge in [-0.25, -0.2) is 4.68 Å². The highest BCUT2D eigenvalue weighted by atomic mass is 32.1. The molecule has 0 atom stereocenters. The van der Waals surface area contributed by atoms with Gasteiger partial charge in [0.15, 0.2) is 0 Å². The van der Waals surface area contributed by atoms with E-state index in [1.807, 2.05) is 23.7 Å². The lowest BCUT2D eigenvalue weighted by atomic mass is 10.2. The third-order valence-electron chi connectivity index (χ3n) is 6.21. The number of nitrogens with zero attached hydrogens (tertiary/aromatic N) is 4. The van der Waals surface area contributed by atoms with Crippen molar-refractivity contribution in [1.29, 1.82) is 0 Å². The standard InChI is InChI=1S/C24H27N5O2S/c1-16-13-20-23(32-16)19-14-25-29(24(31)22(19)27(20)2)15-21(30)26-17-7-9-18(10-8-17)28-11-5-3-4-6-12-28/h7-10,13-14H,3-6,11-12,15H2,1-2H3,(H,26,30). The number of anilines is 2. The second kappa shape index (κ2) is 8.43. The van der Waals surface area contributed by atoms with Gasteiger partial charge in [0, 0.05) is 41.8 Å². The SMILES string of the molecule is Cc1cc2c(s1)c1cnn(CC(=O)Nc3ccc(N4CCCCCC4)cc3)c(=O)c1n2C. The van der Waals surface area contributed by atoms with E-state index in [-0.39, 0.29) is 18.0 Å². The van der Waals surface area contributed by atoms with Gasteiger partial charge in [0.05, 0.1) is 16.4 Å². The summed E-state index contributed by atoms with van der Waals surface area (Å²) in [7, 11) is 1.88. The van der Waals surface area contributed by atoms with Gasteiger partial charge < -0.3 is 14.8 Å². The third-order valence-corrected chi connectivity index (χ3v) is 7.28. The number of aromatic nitrogens is 3. The van der Waals surface area contributed by atoms with Crippen molar-refractivity contribution >= 4 is 49.7 Å². The van der Waals surface area contributed by atoms with Crippen LogP contribution in [0.25, 0.3) is 21.1 Å². The van der Waals surface area contributed by atoms with E-state index in [9.17, 15) is 9.59 Å². The molecule has 1 aliphatic heterocycles. The first-order valence-electron chi connectivity index (χ1n) is 11.1. The lowest BCUT2D eigenvalue weighted by Crippen LogP contribution is -2.30. The molecule has 8 heteroatoms. The van der Waals surface area contributed by atoms with Crippen LogP contribution in [0.2, 0.25) is 0 Å². The van der Waals surface area contributed by atoms with E-state index in [4.69, 9.17) is 0 Å². The number of rotatable bonds is 4. The molecule has 4 heterocycles. The molecule has 7 nitrogen and oxygen atoms in total. The molecule has 0 radical (unpaired) electrons. The molecule has 1 N–H and O–H groups in total. The lowest BCUT2D eigenvalue weighted by Gasteiger charge is -2.22. The van der Waals surface area contributed by atoms with Crippen molar-refractivity contribution in [1.82, 2.24) is 14.3 Å². The molecule has 1 fully saturated rings. The lowest BCUT2D eigenvalue weighted by molar-refractivity contribution is -0.117. The van der Waals surface area contributed by atoms with Crippen molar-refractivity contribution in [2.75, 3.05) is 23.3 Å². The number of amides is 1. The Morgan fingerprint density at radius 3 is 2.56 bits per heavy atom. The minimum atomic E-state index is -0.270. The summed E-state index contributed by atoms with van der Waals surface area (Å²) in [6.07, 6.45) is 6.74. The van der Waals surface area contributed by atoms with E-state index in [1.165, 1.54) is 40.9 Å². The van der Waals surface area contributed by atoms with E-state index in [2.05, 4.69) is 40.4 Å². The average Bonchev–Trinajstić information content (AvgIpc) is 3.13. The van der Waals surface area contributed by atoms with Crippen LogP contribution in [0.5, 0.6) is 0 Å². The molecular weight excluding hydrogens is 422 g/mol. The zero-order chi connectivity index (χ0) is 22.2. The largest absolute Gasteiger partial charge is 0.372 e. The van der Waals surface area contributed by atoms with Crippen molar-refractivity contribution in [3.05, 3.63) is 51.8 Å². The summed E-state index contributed by atoms with van der Waals surface area (Å²) in [5.74, 6) is -0.270. The monoisotopic (exact) mass is 449 g/mol. The van der Waals surface area contributed by atoms with Crippen LogP contribution in [0, 0.1) is 6.92 Å². The second-order valence-electron chi connectivity index (χ2n) is 8.50. The minimum Gasteiger partial charge on any atom is -0.372 e. The molecule has 1 aliphatic rings. The van der Waals surface area contributed by atoms with E-state index in [0.29, 0.717) is 5.52 Å². The van der Waals surface area contributed by atoms with Crippen molar-refractivity contribution in [3.63, 3.8) is 0 Å². The first kappa shape index (κ1) is 20.8. The third kappa shape index (κ3) is 3.79. The van der Waals surface area contributed by atoms with Gasteiger partial charge in [0.25, 0.3) is 5.56 Å². The number of carbonyl (C=O) groups is 1. The highest BCUT2D eigenvalue weighted by molar-refractivity contribution is 7.20. The maximum absolute atomic E-state index is 13.0. The number of hydrogen-bond acceptors (Lipinski definition) is 5. The molecule has 1 saturated heterocycles. The topological polar surface area (TPSA) is 72.2 Å². The predicted octanol–water partition coefficient (Wildman–Crippen LogP) is 4.28. The summed E-state index contributed by atoms with van der Waals surface area (Å²) in [6, 6.07) is 10.0. The van der Waals surface area contributed by atoms with Crippen LogP contribution in [0.3, 0.4) is 0 Å². The molecule has 1 amide bonds. The second-order valence-corrected chi connectivity index (χ2v) is 9.75. The Hall–Kier alpha value is -3.13. The fraction of sp³-hybridized carbons (Fsp3) is 0.375. The van der Waals surface area contributed by atoms with Gasteiger partial charge >= 0.3 is 0 Å². The fourth-order valence-corrected chi connectivity index (χ4v) is 5.62. The van der Waals surface area contributed by atoms with E-state index in [0.717, 1.165) is 34.4 Å². The molecule has 166 valence electrons. The number of thiophene rings is 1. The minimum absolute atomic E-state index is 0.124. The van der Waals surface area contributed by atoms with Crippen LogP contribution < -0.4 is 15.8 Å². The number of carbonyl (C=O) groups excluding carboxylic acids is 1. The molecular formula is C24H27N5O2S. The number of fused-ring (bicyclic) bond motifs is 3. The normalized spacial score (nSPS) is 14.8. The van der Waals surface area contributed by atoms with Crippen LogP contribution in [0.1, 0.15) is 30.6 Å². The molecule has 0 aliphatic carbocycles. The molecule has 0 spiro atoms. The quantitative estimate of drug-likeness (QED) is 0.505. The van der Waals surface area contributed by atoms with Gasteiger partial charge in [-0.05, 0) is 50.1 Å². The highest BCUT2D eigenvalue weighted by Gasteiger charge is 2.17. The van der Waals surface area contributed by atoms with Gasteiger partial charge in [-0.2, -0.15) is 5.10 Å². The number of benzene rings is 1. The average molecular weight is 450 g/mol. The predicted molar refractivity (Wildman–Crippen MR) is 131 cm³/mol. The Labute approximate surface area is 190 Å². The highest BCUT2D eigenvalue weighted by Crippen LogP contribution is 2.32. The van der Waals surface area contributed by atoms with Crippen molar-refractivity contribution in [3.8, 4) is 0 Å². The van der Waals surface area contributed by atoms with Crippen LogP contribution in [-0.2, 0) is 18.4 Å². The molecule has 32 heavy (non-hydrogen) atoms. The smallest absolute Gasteiger partial charge is 0.291 e.